The molecule has 0 aliphatic carbocycles. The van der Waals surface area contributed by atoms with Gasteiger partial charge in [0, 0.05) is 38.3 Å². The van der Waals surface area contributed by atoms with Crippen LogP contribution >= 0.6 is 0 Å². The lowest BCUT2D eigenvalue weighted by Crippen LogP contribution is -2.50. The lowest BCUT2D eigenvalue weighted by molar-refractivity contribution is -0.389. The van der Waals surface area contributed by atoms with Gasteiger partial charge in [0.15, 0.2) is 6.04 Å². The summed E-state index contributed by atoms with van der Waals surface area (Å²) < 4.78 is 15.3. The second-order valence-electron chi connectivity index (χ2n) is 6.96. The standard InChI is InChI=1S/C19H24FN5O3/c1-3-17(24-14(2)12-18(21-24)25(27)28)19(26)23-10-8-22(9-11-23)13-15-6-4-5-7-16(15)20/h4-7,12,17H,3,8-11,13H2,1-2H3. The zero-order valence-electron chi connectivity index (χ0n) is 16.0. The van der Waals surface area contributed by atoms with Gasteiger partial charge in [-0.05, 0) is 24.3 Å². The normalized spacial score (nSPS) is 16.2. The summed E-state index contributed by atoms with van der Waals surface area (Å²) in [6, 6.07) is 7.52. The third-order valence-corrected chi connectivity index (χ3v) is 5.10. The number of hydrogen-bond donors (Lipinski definition) is 0. The predicted octanol–water partition coefficient (Wildman–Crippen LogP) is 2.53. The Labute approximate surface area is 162 Å². The molecule has 2 aromatic rings. The summed E-state index contributed by atoms with van der Waals surface area (Å²) in [5.41, 5.74) is 1.23. The van der Waals surface area contributed by atoms with E-state index in [0.717, 1.165) is 0 Å². The first-order valence-corrected chi connectivity index (χ1v) is 9.35. The summed E-state index contributed by atoms with van der Waals surface area (Å²) in [5, 5.41) is 15.0. The molecule has 1 fully saturated rings. The number of amides is 1. The van der Waals surface area contributed by atoms with Crippen LogP contribution < -0.4 is 0 Å². The van der Waals surface area contributed by atoms with Gasteiger partial charge < -0.3 is 15.0 Å². The predicted molar refractivity (Wildman–Crippen MR) is 101 cm³/mol. The average molecular weight is 389 g/mol. The lowest BCUT2D eigenvalue weighted by atomic mass is 10.1. The van der Waals surface area contributed by atoms with Crippen molar-refractivity contribution < 1.29 is 14.1 Å². The molecule has 28 heavy (non-hydrogen) atoms. The number of carbonyl (C=O) groups excluding carboxylic acids is 1. The molecule has 9 heteroatoms. The smallest absolute Gasteiger partial charge is 0.358 e. The Morgan fingerprint density at radius 1 is 1.29 bits per heavy atom. The number of nitrogens with zero attached hydrogens (tertiary/aromatic N) is 5. The Kier molecular flexibility index (Phi) is 6.03. The zero-order valence-corrected chi connectivity index (χ0v) is 16.0. The fourth-order valence-corrected chi connectivity index (χ4v) is 3.53. The van der Waals surface area contributed by atoms with Crippen LogP contribution in [0.5, 0.6) is 0 Å². The highest BCUT2D eigenvalue weighted by Crippen LogP contribution is 2.22. The van der Waals surface area contributed by atoms with Crippen LogP contribution in [0, 0.1) is 22.9 Å². The van der Waals surface area contributed by atoms with E-state index >= 15 is 0 Å². The van der Waals surface area contributed by atoms with E-state index in [-0.39, 0.29) is 17.5 Å². The highest BCUT2D eigenvalue weighted by atomic mass is 19.1. The average Bonchev–Trinajstić information content (AvgIpc) is 3.07. The van der Waals surface area contributed by atoms with E-state index in [2.05, 4.69) is 10.00 Å². The maximum atomic E-state index is 13.8. The Bertz CT molecular complexity index is 861. The molecule has 0 radical (unpaired) electrons. The van der Waals surface area contributed by atoms with E-state index in [9.17, 15) is 19.3 Å². The molecule has 1 aliphatic rings. The van der Waals surface area contributed by atoms with Crippen LogP contribution in [0.3, 0.4) is 0 Å². The molecule has 0 N–H and O–H groups in total. The molecule has 1 amide bonds. The van der Waals surface area contributed by atoms with Crippen LogP contribution in [0.1, 0.15) is 30.6 Å². The van der Waals surface area contributed by atoms with Gasteiger partial charge in [0.25, 0.3) is 0 Å². The molecular formula is C19H24FN5O3. The molecule has 1 aromatic carbocycles. The number of rotatable bonds is 6. The van der Waals surface area contributed by atoms with Crippen LogP contribution in [0.2, 0.25) is 0 Å². The molecule has 1 saturated heterocycles. The summed E-state index contributed by atoms with van der Waals surface area (Å²) in [7, 11) is 0. The summed E-state index contributed by atoms with van der Waals surface area (Å²) in [5.74, 6) is -0.560. The van der Waals surface area contributed by atoms with Gasteiger partial charge in [0.1, 0.15) is 5.82 Å². The van der Waals surface area contributed by atoms with Gasteiger partial charge in [-0.1, -0.05) is 25.1 Å². The first kappa shape index (κ1) is 19.9. The minimum atomic E-state index is -0.563. The molecule has 0 saturated carbocycles. The van der Waals surface area contributed by atoms with Crippen LogP contribution in [0.25, 0.3) is 0 Å². The third-order valence-electron chi connectivity index (χ3n) is 5.10. The molecule has 1 unspecified atom stereocenters. The zero-order chi connectivity index (χ0) is 20.3. The highest BCUT2D eigenvalue weighted by molar-refractivity contribution is 5.80. The van der Waals surface area contributed by atoms with Gasteiger partial charge in [0.2, 0.25) is 5.91 Å². The molecule has 1 aromatic heterocycles. The van der Waals surface area contributed by atoms with Gasteiger partial charge in [-0.3, -0.25) is 9.69 Å². The molecule has 150 valence electrons. The monoisotopic (exact) mass is 389 g/mol. The first-order chi connectivity index (χ1) is 13.4. The van der Waals surface area contributed by atoms with Crippen LogP contribution in [0.4, 0.5) is 10.2 Å². The summed E-state index contributed by atoms with van der Waals surface area (Å²) >= 11 is 0. The number of nitro groups is 1. The van der Waals surface area contributed by atoms with E-state index in [4.69, 9.17) is 0 Å². The van der Waals surface area contributed by atoms with Crippen LogP contribution in [0.15, 0.2) is 30.3 Å². The molecule has 8 nitrogen and oxygen atoms in total. The molecule has 3 rings (SSSR count). The molecule has 0 spiro atoms. The Morgan fingerprint density at radius 3 is 2.54 bits per heavy atom. The van der Waals surface area contributed by atoms with Crippen molar-refractivity contribution in [2.45, 2.75) is 32.9 Å². The Balaban J connectivity index is 1.63. The number of aryl methyl sites for hydroxylation is 1. The van der Waals surface area contributed by atoms with E-state index in [1.54, 1.807) is 24.0 Å². The number of piperazine rings is 1. The number of carbonyl (C=O) groups is 1. The number of hydrogen-bond acceptors (Lipinski definition) is 5. The van der Waals surface area contributed by atoms with Crippen molar-refractivity contribution in [3.63, 3.8) is 0 Å². The van der Waals surface area contributed by atoms with Gasteiger partial charge in [-0.2, -0.15) is 4.68 Å². The van der Waals surface area contributed by atoms with Gasteiger partial charge >= 0.3 is 5.82 Å². The molecule has 0 bridgehead atoms. The minimum Gasteiger partial charge on any atom is -0.358 e. The topological polar surface area (TPSA) is 84.5 Å². The molecule has 1 atom stereocenters. The summed E-state index contributed by atoms with van der Waals surface area (Å²) in [6.45, 7) is 6.45. The third kappa shape index (κ3) is 4.19. The van der Waals surface area contributed by atoms with Crippen molar-refractivity contribution in [3.8, 4) is 0 Å². The largest absolute Gasteiger partial charge is 0.390 e. The van der Waals surface area contributed by atoms with Crippen molar-refractivity contribution in [3.05, 3.63) is 57.5 Å². The van der Waals surface area contributed by atoms with E-state index in [0.29, 0.717) is 50.4 Å². The van der Waals surface area contributed by atoms with Crippen molar-refractivity contribution >= 4 is 11.7 Å². The van der Waals surface area contributed by atoms with Gasteiger partial charge in [-0.25, -0.2) is 4.39 Å². The quantitative estimate of drug-likeness (QED) is 0.560. The first-order valence-electron chi connectivity index (χ1n) is 9.35. The Morgan fingerprint density at radius 2 is 1.96 bits per heavy atom. The Hall–Kier alpha value is -2.81. The second-order valence-corrected chi connectivity index (χ2v) is 6.96. The maximum absolute atomic E-state index is 13.8. The van der Waals surface area contributed by atoms with E-state index < -0.39 is 11.0 Å². The van der Waals surface area contributed by atoms with Gasteiger partial charge in [0.05, 0.1) is 16.9 Å². The van der Waals surface area contributed by atoms with E-state index in [1.165, 1.54) is 16.8 Å². The fraction of sp³-hybridized carbons (Fsp3) is 0.474. The number of benzene rings is 1. The van der Waals surface area contributed by atoms with E-state index in [1.807, 2.05) is 13.0 Å². The molecule has 1 aliphatic heterocycles. The summed E-state index contributed by atoms with van der Waals surface area (Å²) in [4.78, 5) is 27.3. The lowest BCUT2D eigenvalue weighted by Gasteiger charge is -2.36. The van der Waals surface area contributed by atoms with Crippen molar-refractivity contribution in [2.24, 2.45) is 0 Å². The van der Waals surface area contributed by atoms with Crippen molar-refractivity contribution in [1.29, 1.82) is 0 Å². The summed E-state index contributed by atoms with van der Waals surface area (Å²) in [6.07, 6.45) is 0.494. The van der Waals surface area contributed by atoms with Crippen LogP contribution in [-0.2, 0) is 11.3 Å². The highest BCUT2D eigenvalue weighted by Gasteiger charge is 2.32. The van der Waals surface area contributed by atoms with Crippen LogP contribution in [-0.4, -0.2) is 56.6 Å². The van der Waals surface area contributed by atoms with Crippen molar-refractivity contribution in [2.75, 3.05) is 26.2 Å². The second kappa shape index (κ2) is 8.47. The molecule has 2 heterocycles. The van der Waals surface area contributed by atoms with Gasteiger partial charge in [-0.15, -0.1) is 0 Å². The van der Waals surface area contributed by atoms with Crippen molar-refractivity contribution in [1.82, 2.24) is 19.6 Å². The number of halogens is 1. The maximum Gasteiger partial charge on any atom is 0.390 e. The fourth-order valence-electron chi connectivity index (χ4n) is 3.53. The minimum absolute atomic E-state index is 0.0888. The molecular weight excluding hydrogens is 365 g/mol. The SMILES string of the molecule is CCC(C(=O)N1CCN(Cc2ccccc2F)CC1)n1nc([N+](=O)[O-])cc1C. The number of aromatic nitrogens is 2.